The number of phenols is 1. The molecule has 1 aromatic carbocycles. The number of carbonyl (C=O) groups excluding carboxylic acids is 3. The molecule has 0 unspecified atom stereocenters. The number of rotatable bonds is 7. The van der Waals surface area contributed by atoms with E-state index >= 15 is 0 Å². The Morgan fingerprint density at radius 2 is 1.74 bits per heavy atom. The molecule has 124 valence electrons. The lowest BCUT2D eigenvalue weighted by Crippen LogP contribution is -2.35. The first kappa shape index (κ1) is 18.0. The van der Waals surface area contributed by atoms with Gasteiger partial charge >= 0.3 is 11.9 Å². The third kappa shape index (κ3) is 5.70. The van der Waals surface area contributed by atoms with Crippen LogP contribution in [-0.2, 0) is 19.1 Å². The van der Waals surface area contributed by atoms with Crippen molar-refractivity contribution < 1.29 is 29.0 Å². The van der Waals surface area contributed by atoms with Crippen LogP contribution in [0.3, 0.4) is 0 Å². The highest BCUT2D eigenvalue weighted by molar-refractivity contribution is 6.14. The zero-order valence-corrected chi connectivity index (χ0v) is 12.8. The third-order valence-corrected chi connectivity index (χ3v) is 2.50. The summed E-state index contributed by atoms with van der Waals surface area (Å²) >= 11 is 0. The van der Waals surface area contributed by atoms with Gasteiger partial charge in [-0.1, -0.05) is 6.07 Å². The van der Waals surface area contributed by atoms with Gasteiger partial charge in [-0.25, -0.2) is 9.59 Å². The topological polar surface area (TPSA) is 114 Å². The van der Waals surface area contributed by atoms with E-state index in [1.54, 1.807) is 13.8 Å². The summed E-state index contributed by atoms with van der Waals surface area (Å²) in [5.41, 5.74) is 4.41. The predicted molar refractivity (Wildman–Crippen MR) is 80.1 cm³/mol. The van der Waals surface area contributed by atoms with Crippen molar-refractivity contribution in [1.82, 2.24) is 10.9 Å². The molecule has 23 heavy (non-hydrogen) atoms. The van der Waals surface area contributed by atoms with Crippen LogP contribution in [0.25, 0.3) is 0 Å². The molecular formula is C15H18N2O6. The Labute approximate surface area is 133 Å². The van der Waals surface area contributed by atoms with Crippen LogP contribution in [0.15, 0.2) is 36.0 Å². The first-order valence-corrected chi connectivity index (χ1v) is 6.88. The lowest BCUT2D eigenvalue weighted by atomic mass is 10.2. The van der Waals surface area contributed by atoms with Gasteiger partial charge in [-0.2, -0.15) is 0 Å². The molecule has 0 fully saturated rings. The number of hydrazine groups is 1. The van der Waals surface area contributed by atoms with Crippen LogP contribution in [0.4, 0.5) is 0 Å². The number of hydrogen-bond donors (Lipinski definition) is 3. The Hall–Kier alpha value is -3.03. The molecule has 0 aromatic heterocycles. The van der Waals surface area contributed by atoms with E-state index in [2.05, 4.69) is 10.9 Å². The lowest BCUT2D eigenvalue weighted by molar-refractivity contribution is -0.146. The van der Waals surface area contributed by atoms with E-state index in [0.29, 0.717) is 0 Å². The fraction of sp³-hybridized carbons (Fsp3) is 0.267. The van der Waals surface area contributed by atoms with Gasteiger partial charge in [-0.15, -0.1) is 0 Å². The standard InChI is InChI=1S/C15H18N2O6/c1-3-22-14(20)12(15(21)23-4-2)9-16-17-13(19)10-6-5-7-11(18)8-10/h5-9,16,18H,3-4H2,1-2H3,(H,17,19). The average Bonchev–Trinajstić information content (AvgIpc) is 2.51. The van der Waals surface area contributed by atoms with E-state index in [0.717, 1.165) is 6.20 Å². The summed E-state index contributed by atoms with van der Waals surface area (Å²) in [6, 6.07) is 5.67. The van der Waals surface area contributed by atoms with Crippen molar-refractivity contribution >= 4 is 17.8 Å². The molecule has 0 aliphatic carbocycles. The maximum atomic E-state index is 11.8. The summed E-state index contributed by atoms with van der Waals surface area (Å²) in [5.74, 6) is -2.37. The molecule has 0 heterocycles. The van der Waals surface area contributed by atoms with Crippen LogP contribution in [-0.4, -0.2) is 36.2 Å². The van der Waals surface area contributed by atoms with Crippen molar-refractivity contribution in [3.63, 3.8) is 0 Å². The highest BCUT2D eigenvalue weighted by Crippen LogP contribution is 2.10. The van der Waals surface area contributed by atoms with E-state index in [-0.39, 0.29) is 30.1 Å². The first-order valence-electron chi connectivity index (χ1n) is 6.88. The van der Waals surface area contributed by atoms with Gasteiger partial charge in [0.15, 0.2) is 5.57 Å². The van der Waals surface area contributed by atoms with Crippen LogP contribution in [0.2, 0.25) is 0 Å². The van der Waals surface area contributed by atoms with Gasteiger partial charge in [0.25, 0.3) is 5.91 Å². The Morgan fingerprint density at radius 1 is 1.13 bits per heavy atom. The van der Waals surface area contributed by atoms with E-state index < -0.39 is 17.8 Å². The van der Waals surface area contributed by atoms with Crippen LogP contribution < -0.4 is 10.9 Å². The minimum absolute atomic E-state index is 0.0630. The van der Waals surface area contributed by atoms with Gasteiger partial charge in [0.2, 0.25) is 0 Å². The summed E-state index contributed by atoms with van der Waals surface area (Å²) in [5, 5.41) is 9.30. The zero-order chi connectivity index (χ0) is 17.2. The van der Waals surface area contributed by atoms with Crippen molar-refractivity contribution in [2.24, 2.45) is 0 Å². The average molecular weight is 322 g/mol. The van der Waals surface area contributed by atoms with E-state index in [1.807, 2.05) is 0 Å². The summed E-state index contributed by atoms with van der Waals surface area (Å²) in [6.45, 7) is 3.37. The molecule has 3 N–H and O–H groups in total. The molecule has 0 atom stereocenters. The highest BCUT2D eigenvalue weighted by Gasteiger charge is 2.21. The van der Waals surface area contributed by atoms with E-state index in [1.165, 1.54) is 24.3 Å². The molecule has 0 radical (unpaired) electrons. The minimum Gasteiger partial charge on any atom is -0.508 e. The van der Waals surface area contributed by atoms with Crippen molar-refractivity contribution in [3.8, 4) is 5.75 Å². The first-order chi connectivity index (χ1) is 11.0. The molecule has 0 aliphatic heterocycles. The number of ether oxygens (including phenoxy) is 2. The second-order valence-corrected chi connectivity index (χ2v) is 4.15. The van der Waals surface area contributed by atoms with Crippen molar-refractivity contribution in [2.45, 2.75) is 13.8 Å². The van der Waals surface area contributed by atoms with Crippen LogP contribution in [0.1, 0.15) is 24.2 Å². The number of hydrogen-bond acceptors (Lipinski definition) is 7. The molecule has 0 aliphatic rings. The number of nitrogens with one attached hydrogen (secondary N) is 2. The van der Waals surface area contributed by atoms with Gasteiger partial charge in [0.1, 0.15) is 5.75 Å². The summed E-state index contributed by atoms with van der Waals surface area (Å²) in [7, 11) is 0. The molecule has 0 spiro atoms. The van der Waals surface area contributed by atoms with Gasteiger partial charge in [0.05, 0.1) is 13.2 Å². The SMILES string of the molecule is CCOC(=O)C(=CNNC(=O)c1cccc(O)c1)C(=O)OCC. The second kappa shape index (κ2) is 9.08. The number of phenolic OH excluding ortho intramolecular Hbond substituents is 1. The quantitative estimate of drug-likeness (QED) is 0.222. The second-order valence-electron chi connectivity index (χ2n) is 4.15. The number of amides is 1. The smallest absolute Gasteiger partial charge is 0.347 e. The number of esters is 2. The van der Waals surface area contributed by atoms with E-state index in [4.69, 9.17) is 9.47 Å². The zero-order valence-electron chi connectivity index (χ0n) is 12.8. The number of benzene rings is 1. The third-order valence-electron chi connectivity index (χ3n) is 2.50. The molecule has 0 saturated carbocycles. The Balaban J connectivity index is 2.74. The van der Waals surface area contributed by atoms with Crippen LogP contribution in [0.5, 0.6) is 5.75 Å². The van der Waals surface area contributed by atoms with Crippen molar-refractivity contribution in [2.75, 3.05) is 13.2 Å². The fourth-order valence-corrected chi connectivity index (χ4v) is 1.51. The van der Waals surface area contributed by atoms with Gasteiger partial charge < -0.3 is 20.0 Å². The molecule has 0 bridgehead atoms. The maximum absolute atomic E-state index is 11.8. The highest BCUT2D eigenvalue weighted by atomic mass is 16.6. The Kier molecular flexibility index (Phi) is 7.12. The summed E-state index contributed by atoms with van der Waals surface area (Å²) < 4.78 is 9.47. The molecule has 1 rings (SSSR count). The van der Waals surface area contributed by atoms with Crippen LogP contribution >= 0.6 is 0 Å². The van der Waals surface area contributed by atoms with Crippen LogP contribution in [0, 0.1) is 0 Å². The number of aromatic hydroxyl groups is 1. The molecule has 1 amide bonds. The largest absolute Gasteiger partial charge is 0.508 e. The molecule has 8 nitrogen and oxygen atoms in total. The molecular weight excluding hydrogens is 304 g/mol. The molecule has 1 aromatic rings. The van der Waals surface area contributed by atoms with Crippen molar-refractivity contribution in [1.29, 1.82) is 0 Å². The summed E-state index contributed by atoms with van der Waals surface area (Å²) in [4.78, 5) is 35.2. The molecule has 0 saturated heterocycles. The summed E-state index contributed by atoms with van der Waals surface area (Å²) in [6.07, 6.45) is 0.983. The van der Waals surface area contributed by atoms with Gasteiger partial charge in [0, 0.05) is 11.8 Å². The Bertz CT molecular complexity index is 592. The van der Waals surface area contributed by atoms with E-state index in [9.17, 15) is 19.5 Å². The predicted octanol–water partition coefficient (Wildman–Crippen LogP) is 0.637. The normalized spacial score (nSPS) is 9.48. The van der Waals surface area contributed by atoms with Gasteiger partial charge in [-0.05, 0) is 32.0 Å². The lowest BCUT2D eigenvalue weighted by Gasteiger charge is -2.08. The minimum atomic E-state index is -0.870. The molecule has 8 heteroatoms. The fourth-order valence-electron chi connectivity index (χ4n) is 1.51. The Morgan fingerprint density at radius 3 is 2.26 bits per heavy atom. The monoisotopic (exact) mass is 322 g/mol. The number of carbonyl (C=O) groups is 3. The van der Waals surface area contributed by atoms with Crippen molar-refractivity contribution in [3.05, 3.63) is 41.6 Å². The van der Waals surface area contributed by atoms with Gasteiger partial charge in [-0.3, -0.25) is 10.2 Å². The maximum Gasteiger partial charge on any atom is 0.347 e.